The Bertz CT molecular complexity index is 1260. The number of nitrogens with one attached hydrogen (secondary N) is 1. The minimum Gasteiger partial charge on any atom is -0.390 e. The molecule has 170 valence electrons. The normalized spacial score (nSPS) is 15.7. The van der Waals surface area contributed by atoms with Crippen LogP contribution >= 0.6 is 11.6 Å². The van der Waals surface area contributed by atoms with Crippen LogP contribution in [0.4, 0.5) is 19.1 Å². The zero-order valence-corrected chi connectivity index (χ0v) is 17.8. The molecular weight excluding hydrogens is 471 g/mol. The molecule has 0 unspecified atom stereocenters. The molecule has 0 amide bonds. The first-order valence-corrected chi connectivity index (χ1v) is 11.1. The lowest BCUT2D eigenvalue weighted by molar-refractivity contribution is -0.137. The number of hydrogen-bond donors (Lipinski definition) is 3. The fraction of sp³-hybridized carbons (Fsp3) is 0.263. The van der Waals surface area contributed by atoms with E-state index in [1.54, 1.807) is 0 Å². The topological polar surface area (TPSA) is 125 Å². The highest BCUT2D eigenvalue weighted by molar-refractivity contribution is 7.89. The number of aliphatic hydroxyl groups is 1. The summed E-state index contributed by atoms with van der Waals surface area (Å²) in [4.78, 5) is 3.80. The monoisotopic (exact) mass is 487 g/mol. The molecule has 0 aliphatic carbocycles. The number of aliphatic hydroxyl groups excluding tert-OH is 1. The lowest BCUT2D eigenvalue weighted by atomic mass is 9.96. The van der Waals surface area contributed by atoms with E-state index in [4.69, 9.17) is 17.3 Å². The standard InChI is InChI=1S/C19H17ClF3N5O3S/c20-15-6-10(7-16-25-18(24)27-26-16)5-14(19(21,22)23)17(15)11-1-3-13(4-2-11)32(30,31)28-8-12(29)9-28/h1-6,12,29H,7-9H2,(H3,24,25,26,27). The summed E-state index contributed by atoms with van der Waals surface area (Å²) in [6, 6.07) is 7.34. The van der Waals surface area contributed by atoms with Crippen molar-refractivity contribution in [3.05, 3.63) is 58.4 Å². The van der Waals surface area contributed by atoms with Gasteiger partial charge in [-0.3, -0.25) is 5.10 Å². The quantitative estimate of drug-likeness (QED) is 0.508. The maximum absolute atomic E-state index is 13.9. The average molecular weight is 488 g/mol. The van der Waals surface area contributed by atoms with Gasteiger partial charge in [0.25, 0.3) is 0 Å². The van der Waals surface area contributed by atoms with Gasteiger partial charge in [-0.2, -0.15) is 22.5 Å². The molecule has 4 rings (SSSR count). The summed E-state index contributed by atoms with van der Waals surface area (Å²) >= 11 is 6.25. The van der Waals surface area contributed by atoms with Crippen molar-refractivity contribution in [2.75, 3.05) is 18.8 Å². The molecule has 32 heavy (non-hydrogen) atoms. The molecule has 1 aromatic heterocycles. The van der Waals surface area contributed by atoms with Crippen molar-refractivity contribution >= 4 is 27.6 Å². The van der Waals surface area contributed by atoms with Gasteiger partial charge >= 0.3 is 6.18 Å². The van der Waals surface area contributed by atoms with E-state index in [2.05, 4.69) is 15.2 Å². The van der Waals surface area contributed by atoms with E-state index in [1.807, 2.05) is 0 Å². The molecule has 0 radical (unpaired) electrons. The summed E-state index contributed by atoms with van der Waals surface area (Å²) in [6.07, 6.45) is -5.43. The van der Waals surface area contributed by atoms with Crippen molar-refractivity contribution in [3.8, 4) is 11.1 Å². The predicted molar refractivity (Wildman–Crippen MR) is 110 cm³/mol. The van der Waals surface area contributed by atoms with Gasteiger partial charge in [0.05, 0.1) is 16.6 Å². The second-order valence-electron chi connectivity index (χ2n) is 7.32. The summed E-state index contributed by atoms with van der Waals surface area (Å²) in [6.45, 7) is -0.0428. The first kappa shape index (κ1) is 22.5. The Labute approximate surface area is 185 Å². The first-order chi connectivity index (χ1) is 14.9. The van der Waals surface area contributed by atoms with Gasteiger partial charge in [0, 0.05) is 30.1 Å². The number of nitrogen functional groups attached to an aromatic ring is 1. The van der Waals surface area contributed by atoms with Crippen LogP contribution in [0.1, 0.15) is 17.0 Å². The van der Waals surface area contributed by atoms with Gasteiger partial charge in [0.1, 0.15) is 5.82 Å². The summed E-state index contributed by atoms with van der Waals surface area (Å²) in [5.41, 5.74) is 4.56. The fourth-order valence-corrected chi connectivity index (χ4v) is 5.29. The molecule has 2 aromatic carbocycles. The highest BCUT2D eigenvalue weighted by Gasteiger charge is 2.37. The van der Waals surface area contributed by atoms with Crippen LogP contribution in [0, 0.1) is 0 Å². The predicted octanol–water partition coefficient (Wildman–Crippen LogP) is 2.68. The Morgan fingerprint density at radius 2 is 1.88 bits per heavy atom. The number of halogens is 4. The molecule has 0 spiro atoms. The average Bonchev–Trinajstić information content (AvgIpc) is 3.09. The molecular formula is C19H17ClF3N5O3S. The van der Waals surface area contributed by atoms with E-state index < -0.39 is 27.9 Å². The summed E-state index contributed by atoms with van der Waals surface area (Å²) < 4.78 is 67.7. The van der Waals surface area contributed by atoms with Gasteiger partial charge in [-0.15, -0.1) is 5.10 Å². The van der Waals surface area contributed by atoms with E-state index in [9.17, 15) is 26.7 Å². The first-order valence-electron chi connectivity index (χ1n) is 9.30. The van der Waals surface area contributed by atoms with Gasteiger partial charge in [-0.1, -0.05) is 23.7 Å². The zero-order valence-electron chi connectivity index (χ0n) is 16.3. The Balaban J connectivity index is 1.71. The molecule has 1 fully saturated rings. The molecule has 4 N–H and O–H groups in total. The third-order valence-electron chi connectivity index (χ3n) is 4.99. The highest BCUT2D eigenvalue weighted by atomic mass is 35.5. The van der Waals surface area contributed by atoms with Crippen LogP contribution in [0.3, 0.4) is 0 Å². The number of aromatic nitrogens is 3. The van der Waals surface area contributed by atoms with Crippen molar-refractivity contribution in [2.45, 2.75) is 23.6 Å². The van der Waals surface area contributed by atoms with Crippen molar-refractivity contribution in [2.24, 2.45) is 0 Å². The van der Waals surface area contributed by atoms with Gasteiger partial charge in [-0.25, -0.2) is 8.42 Å². The maximum Gasteiger partial charge on any atom is 0.417 e. The number of alkyl halides is 3. The van der Waals surface area contributed by atoms with Gasteiger partial charge < -0.3 is 10.8 Å². The number of sulfonamides is 1. The third-order valence-corrected chi connectivity index (χ3v) is 7.13. The summed E-state index contributed by atoms with van der Waals surface area (Å²) in [5.74, 6) is 0.256. The molecule has 0 atom stereocenters. The van der Waals surface area contributed by atoms with Gasteiger partial charge in [0.15, 0.2) is 0 Å². The second kappa shape index (κ2) is 8.03. The van der Waals surface area contributed by atoms with Crippen LogP contribution in [-0.2, 0) is 22.6 Å². The number of rotatable bonds is 5. The largest absolute Gasteiger partial charge is 0.417 e. The molecule has 13 heteroatoms. The number of nitrogens with two attached hydrogens (primary N) is 1. The van der Waals surface area contributed by atoms with Crippen LogP contribution in [0.2, 0.25) is 5.02 Å². The van der Waals surface area contributed by atoms with E-state index in [1.165, 1.54) is 30.3 Å². The molecule has 1 aliphatic rings. The zero-order chi connectivity index (χ0) is 23.3. The van der Waals surface area contributed by atoms with Gasteiger partial charge in [-0.05, 0) is 35.4 Å². The number of hydrogen-bond acceptors (Lipinski definition) is 6. The molecule has 1 saturated heterocycles. The smallest absolute Gasteiger partial charge is 0.390 e. The van der Waals surface area contributed by atoms with E-state index >= 15 is 0 Å². The SMILES string of the molecule is Nc1n[nH]c(Cc2cc(Cl)c(-c3ccc(S(=O)(=O)N4CC(O)C4)cc3)c(C(F)(F)F)c2)n1. The Morgan fingerprint density at radius 1 is 1.22 bits per heavy atom. The Morgan fingerprint density at radius 3 is 2.41 bits per heavy atom. The number of H-pyrrole nitrogens is 1. The molecule has 0 bridgehead atoms. The minimum atomic E-state index is -4.71. The molecule has 3 aromatic rings. The van der Waals surface area contributed by atoms with Gasteiger partial charge in [0.2, 0.25) is 16.0 Å². The maximum atomic E-state index is 13.9. The summed E-state index contributed by atoms with van der Waals surface area (Å²) in [5, 5.41) is 15.4. The van der Waals surface area contributed by atoms with Crippen LogP contribution in [0.5, 0.6) is 0 Å². The fourth-order valence-electron chi connectivity index (χ4n) is 3.42. The van der Waals surface area contributed by atoms with Crippen LogP contribution in [0.15, 0.2) is 41.3 Å². The number of benzene rings is 2. The lowest BCUT2D eigenvalue weighted by Gasteiger charge is -2.34. The molecule has 2 heterocycles. The molecule has 8 nitrogen and oxygen atoms in total. The van der Waals surface area contributed by atoms with Crippen LogP contribution in [0.25, 0.3) is 11.1 Å². The van der Waals surface area contributed by atoms with Crippen LogP contribution < -0.4 is 5.73 Å². The van der Waals surface area contributed by atoms with Crippen LogP contribution in [-0.4, -0.2) is 52.2 Å². The van der Waals surface area contributed by atoms with E-state index in [0.29, 0.717) is 0 Å². The van der Waals surface area contributed by atoms with Crippen molar-refractivity contribution < 1.29 is 26.7 Å². The lowest BCUT2D eigenvalue weighted by Crippen LogP contribution is -2.53. The number of nitrogens with zero attached hydrogens (tertiary/aromatic N) is 3. The van der Waals surface area contributed by atoms with Crippen molar-refractivity contribution in [1.82, 2.24) is 19.5 Å². The van der Waals surface area contributed by atoms with E-state index in [-0.39, 0.29) is 57.9 Å². The Hall–Kier alpha value is -2.67. The number of anilines is 1. The third kappa shape index (κ3) is 4.31. The number of aromatic amines is 1. The van der Waals surface area contributed by atoms with Crippen molar-refractivity contribution in [1.29, 1.82) is 0 Å². The van der Waals surface area contributed by atoms with Crippen molar-refractivity contribution in [3.63, 3.8) is 0 Å². The minimum absolute atomic E-state index is 0.00610. The van der Waals surface area contributed by atoms with E-state index in [0.717, 1.165) is 10.4 Å². The summed E-state index contributed by atoms with van der Waals surface area (Å²) in [7, 11) is -3.83. The highest BCUT2D eigenvalue weighted by Crippen LogP contribution is 2.42. The Kier molecular flexibility index (Phi) is 5.65. The molecule has 1 aliphatic heterocycles. The molecule has 0 saturated carbocycles. The number of β-amino-alcohol motifs (C(OH)–C–C–N with tert-alkyl or cyclic N) is 1. The second-order valence-corrected chi connectivity index (χ2v) is 9.66.